The first kappa shape index (κ1) is 48.0. The molecule has 0 aromatic carbocycles. The number of ether oxygens (including phenoxy) is 2. The fourth-order valence-corrected chi connectivity index (χ4v) is 6.86. The smallest absolute Gasteiger partial charge is 0.220 e. The van der Waals surface area contributed by atoms with Gasteiger partial charge in [-0.25, -0.2) is 0 Å². The summed E-state index contributed by atoms with van der Waals surface area (Å²) in [5, 5.41) is 53.9. The topological polar surface area (TPSA) is 149 Å². The molecular weight excluding hydrogens is 646 g/mol. The van der Waals surface area contributed by atoms with Crippen molar-refractivity contribution >= 4 is 5.91 Å². The number of allylic oxidation sites excluding steroid dienone is 1. The number of hydrogen-bond acceptors (Lipinski definition) is 8. The Morgan fingerprint density at radius 3 is 1.53 bits per heavy atom. The molecule has 0 aromatic rings. The Bertz CT molecular complexity index is 812. The van der Waals surface area contributed by atoms with Gasteiger partial charge in [0.1, 0.15) is 24.4 Å². The summed E-state index contributed by atoms with van der Waals surface area (Å²) in [5.41, 5.74) is 0. The summed E-state index contributed by atoms with van der Waals surface area (Å²) < 4.78 is 11.2. The minimum absolute atomic E-state index is 0.177. The van der Waals surface area contributed by atoms with Crippen LogP contribution in [0.25, 0.3) is 0 Å². The standard InChI is InChI=1S/C42H81NO8/c1-3-5-7-9-11-13-14-15-16-17-18-19-20-21-22-24-26-28-30-32-38(46)43-35(36(45)31-29-27-25-23-12-10-8-6-4-2)34-50-42-41(49)40(48)39(47)37(33-44)51-42/h29,31,35-37,39-42,44-45,47-49H,3-28,30,32-34H2,1-2H3,(H,43,46)/b31-29+/t35-,36+,37+,39-,40?,41?,42+/m0/s1. The molecular formula is C42H81NO8. The van der Waals surface area contributed by atoms with Gasteiger partial charge in [0.05, 0.1) is 25.4 Å². The predicted molar refractivity (Wildman–Crippen MR) is 207 cm³/mol. The first-order valence-corrected chi connectivity index (χ1v) is 21.4. The number of unbranched alkanes of at least 4 members (excludes halogenated alkanes) is 25. The normalized spacial score (nSPS) is 22.1. The summed E-state index contributed by atoms with van der Waals surface area (Å²) in [6.45, 7) is 3.74. The number of carbonyl (C=O) groups excluding carboxylic acids is 1. The molecule has 1 rings (SSSR count). The van der Waals surface area contributed by atoms with Gasteiger partial charge in [0.2, 0.25) is 5.91 Å². The molecule has 302 valence electrons. The lowest BCUT2D eigenvalue weighted by Crippen LogP contribution is -2.60. The van der Waals surface area contributed by atoms with Gasteiger partial charge in [-0.2, -0.15) is 0 Å². The first-order valence-electron chi connectivity index (χ1n) is 21.4. The maximum Gasteiger partial charge on any atom is 0.220 e. The lowest BCUT2D eigenvalue weighted by atomic mass is 9.99. The summed E-state index contributed by atoms with van der Waals surface area (Å²) >= 11 is 0. The second kappa shape index (κ2) is 33.5. The SMILES string of the molecule is CCCCCCCCC/C=C/[C@@H](O)[C@H](CO[C@@H]1O[C@H](CO)[C@H](O)C(O)C1O)NC(=O)CCCCCCCCCCCCCCCCCCCCC. The third-order valence-electron chi connectivity index (χ3n) is 10.4. The zero-order valence-electron chi connectivity index (χ0n) is 32.9. The van der Waals surface area contributed by atoms with Crippen LogP contribution in [-0.2, 0) is 14.3 Å². The number of nitrogens with one attached hydrogen (secondary N) is 1. The number of hydrogen-bond donors (Lipinski definition) is 6. The Labute approximate surface area is 312 Å². The minimum atomic E-state index is -1.56. The van der Waals surface area contributed by atoms with Crippen LogP contribution in [0.15, 0.2) is 12.2 Å². The molecule has 1 fully saturated rings. The van der Waals surface area contributed by atoms with Crippen LogP contribution in [0.2, 0.25) is 0 Å². The van der Waals surface area contributed by atoms with Gasteiger partial charge in [0.15, 0.2) is 6.29 Å². The maximum absolute atomic E-state index is 12.9. The highest BCUT2D eigenvalue weighted by molar-refractivity contribution is 5.76. The first-order chi connectivity index (χ1) is 24.8. The Morgan fingerprint density at radius 2 is 1.08 bits per heavy atom. The van der Waals surface area contributed by atoms with E-state index in [0.717, 1.165) is 38.5 Å². The van der Waals surface area contributed by atoms with Crippen molar-refractivity contribution in [1.29, 1.82) is 0 Å². The Morgan fingerprint density at radius 1 is 0.647 bits per heavy atom. The van der Waals surface area contributed by atoms with Gasteiger partial charge in [-0.15, -0.1) is 0 Å². The molecule has 0 radical (unpaired) electrons. The molecule has 0 aliphatic carbocycles. The molecule has 1 heterocycles. The molecule has 1 amide bonds. The zero-order valence-corrected chi connectivity index (χ0v) is 32.9. The molecule has 2 unspecified atom stereocenters. The van der Waals surface area contributed by atoms with E-state index in [2.05, 4.69) is 19.2 Å². The van der Waals surface area contributed by atoms with Crippen LogP contribution in [0.1, 0.15) is 194 Å². The van der Waals surface area contributed by atoms with Crippen LogP contribution in [0.5, 0.6) is 0 Å². The summed E-state index contributed by atoms with van der Waals surface area (Å²) in [6, 6.07) is -0.796. The Kier molecular flexibility index (Phi) is 31.5. The monoisotopic (exact) mass is 728 g/mol. The van der Waals surface area contributed by atoms with Crippen LogP contribution < -0.4 is 5.32 Å². The summed E-state index contributed by atoms with van der Waals surface area (Å²) in [7, 11) is 0. The van der Waals surface area contributed by atoms with E-state index in [-0.39, 0.29) is 12.5 Å². The quantitative estimate of drug-likeness (QED) is 0.0283. The average Bonchev–Trinajstić information content (AvgIpc) is 3.13. The fourth-order valence-electron chi connectivity index (χ4n) is 6.86. The van der Waals surface area contributed by atoms with Crippen molar-refractivity contribution in [3.05, 3.63) is 12.2 Å². The molecule has 0 aromatic heterocycles. The minimum Gasteiger partial charge on any atom is -0.394 e. The Hall–Kier alpha value is -1.07. The molecule has 9 heteroatoms. The molecule has 0 spiro atoms. The zero-order chi connectivity index (χ0) is 37.4. The van der Waals surface area contributed by atoms with E-state index in [4.69, 9.17) is 9.47 Å². The van der Waals surface area contributed by atoms with Gasteiger partial charge >= 0.3 is 0 Å². The molecule has 6 N–H and O–H groups in total. The molecule has 1 saturated heterocycles. The number of aliphatic hydroxyl groups is 5. The van der Waals surface area contributed by atoms with Crippen LogP contribution >= 0.6 is 0 Å². The van der Waals surface area contributed by atoms with E-state index in [9.17, 15) is 30.3 Å². The van der Waals surface area contributed by atoms with E-state index in [1.165, 1.54) is 135 Å². The highest BCUT2D eigenvalue weighted by Crippen LogP contribution is 2.22. The van der Waals surface area contributed by atoms with Gasteiger partial charge in [0.25, 0.3) is 0 Å². The third-order valence-corrected chi connectivity index (χ3v) is 10.4. The fraction of sp³-hybridized carbons (Fsp3) is 0.929. The number of carbonyl (C=O) groups is 1. The van der Waals surface area contributed by atoms with E-state index >= 15 is 0 Å². The van der Waals surface area contributed by atoms with Crippen LogP contribution in [0.4, 0.5) is 0 Å². The maximum atomic E-state index is 12.9. The molecule has 7 atom stereocenters. The molecule has 9 nitrogen and oxygen atoms in total. The lowest BCUT2D eigenvalue weighted by Gasteiger charge is -2.40. The molecule has 0 bridgehead atoms. The second-order valence-corrected chi connectivity index (χ2v) is 15.1. The molecule has 0 saturated carbocycles. The van der Waals surface area contributed by atoms with E-state index in [0.29, 0.717) is 6.42 Å². The number of rotatable bonds is 35. The average molecular weight is 728 g/mol. The Balaban J connectivity index is 2.30. The van der Waals surface area contributed by atoms with Crippen molar-refractivity contribution in [3.63, 3.8) is 0 Å². The van der Waals surface area contributed by atoms with E-state index in [1.807, 2.05) is 6.08 Å². The van der Waals surface area contributed by atoms with Gasteiger partial charge in [-0.3, -0.25) is 4.79 Å². The highest BCUT2D eigenvalue weighted by atomic mass is 16.7. The lowest BCUT2D eigenvalue weighted by molar-refractivity contribution is -0.302. The highest BCUT2D eigenvalue weighted by Gasteiger charge is 2.44. The second-order valence-electron chi connectivity index (χ2n) is 15.1. The predicted octanol–water partition coefficient (Wildman–Crippen LogP) is 8.17. The van der Waals surface area contributed by atoms with E-state index < -0.39 is 49.5 Å². The largest absolute Gasteiger partial charge is 0.394 e. The van der Waals surface area contributed by atoms with Gasteiger partial charge in [-0.1, -0.05) is 180 Å². The van der Waals surface area contributed by atoms with Gasteiger partial charge < -0.3 is 40.3 Å². The van der Waals surface area contributed by atoms with Crippen LogP contribution in [-0.4, -0.2) is 87.5 Å². The summed E-state index contributed by atoms with van der Waals surface area (Å²) in [6.07, 6.45) is 29.8. The third kappa shape index (κ3) is 24.8. The van der Waals surface area contributed by atoms with Crippen molar-refractivity contribution in [2.24, 2.45) is 0 Å². The van der Waals surface area contributed by atoms with Crippen molar-refractivity contribution in [3.8, 4) is 0 Å². The van der Waals surface area contributed by atoms with Gasteiger partial charge in [-0.05, 0) is 19.3 Å². The van der Waals surface area contributed by atoms with E-state index in [1.54, 1.807) is 6.08 Å². The van der Waals surface area contributed by atoms with Crippen molar-refractivity contribution in [2.75, 3.05) is 13.2 Å². The van der Waals surface area contributed by atoms with Crippen LogP contribution in [0.3, 0.4) is 0 Å². The van der Waals surface area contributed by atoms with Gasteiger partial charge in [0, 0.05) is 6.42 Å². The van der Waals surface area contributed by atoms with Crippen molar-refractivity contribution < 1.29 is 39.8 Å². The van der Waals surface area contributed by atoms with Crippen molar-refractivity contribution in [2.45, 2.75) is 236 Å². The summed E-state index contributed by atoms with van der Waals surface area (Å²) in [5.74, 6) is -0.177. The molecule has 1 aliphatic rings. The number of aliphatic hydroxyl groups excluding tert-OH is 5. The molecule has 1 aliphatic heterocycles. The number of amides is 1. The molecule has 51 heavy (non-hydrogen) atoms. The van der Waals surface area contributed by atoms with Crippen LogP contribution in [0, 0.1) is 0 Å². The van der Waals surface area contributed by atoms with Crippen molar-refractivity contribution in [1.82, 2.24) is 5.32 Å². The summed E-state index contributed by atoms with van der Waals surface area (Å²) in [4.78, 5) is 12.9.